The van der Waals surface area contributed by atoms with Crippen molar-refractivity contribution >= 4 is 0 Å². The van der Waals surface area contributed by atoms with E-state index in [0.717, 1.165) is 6.67 Å². The van der Waals surface area contributed by atoms with Crippen molar-refractivity contribution in [1.82, 2.24) is 9.80 Å². The molecule has 0 N–H and O–H groups in total. The van der Waals surface area contributed by atoms with Crippen LogP contribution in [0.5, 0.6) is 0 Å². The molecule has 0 aromatic carbocycles. The lowest BCUT2D eigenvalue weighted by Crippen LogP contribution is -2.67. The van der Waals surface area contributed by atoms with E-state index in [4.69, 9.17) is 0 Å². The van der Waals surface area contributed by atoms with Crippen molar-refractivity contribution in [2.24, 2.45) is 0 Å². The van der Waals surface area contributed by atoms with Crippen molar-refractivity contribution in [3.8, 4) is 0 Å². The van der Waals surface area contributed by atoms with Crippen LogP contribution < -0.4 is 0 Å². The molecule has 0 saturated carbocycles. The zero-order valence-corrected chi connectivity index (χ0v) is 6.10. The van der Waals surface area contributed by atoms with Crippen molar-refractivity contribution in [3.05, 3.63) is 0 Å². The molecule has 1 aliphatic rings. The second kappa shape index (κ2) is 1.45. The molecule has 0 unspecified atom stereocenters. The van der Waals surface area contributed by atoms with Crippen LogP contribution in [0.4, 0.5) is 0 Å². The Kier molecular flexibility index (Phi) is 1.10. The van der Waals surface area contributed by atoms with Crippen molar-refractivity contribution in [1.29, 1.82) is 0 Å². The van der Waals surface area contributed by atoms with Crippen LogP contribution in [0.1, 0.15) is 13.8 Å². The third-order valence-electron chi connectivity index (χ3n) is 2.29. The SMILES string of the molecule is CN1CN(C)C1(C)C. The molecule has 1 aliphatic heterocycles. The minimum atomic E-state index is 0.306. The van der Waals surface area contributed by atoms with E-state index in [1.165, 1.54) is 0 Å². The Morgan fingerprint density at radius 2 is 1.50 bits per heavy atom. The Morgan fingerprint density at radius 3 is 1.50 bits per heavy atom. The fraction of sp³-hybridized carbons (Fsp3) is 1.00. The summed E-state index contributed by atoms with van der Waals surface area (Å²) in [6, 6.07) is 0. The van der Waals surface area contributed by atoms with Crippen molar-refractivity contribution < 1.29 is 0 Å². The van der Waals surface area contributed by atoms with E-state index >= 15 is 0 Å². The molecule has 0 aromatic rings. The topological polar surface area (TPSA) is 6.48 Å². The molecule has 0 aliphatic carbocycles. The van der Waals surface area contributed by atoms with Crippen molar-refractivity contribution in [2.75, 3.05) is 20.8 Å². The van der Waals surface area contributed by atoms with E-state index in [1.807, 2.05) is 0 Å². The molecule has 0 atom stereocenters. The van der Waals surface area contributed by atoms with E-state index in [2.05, 4.69) is 37.7 Å². The van der Waals surface area contributed by atoms with Crippen LogP contribution >= 0.6 is 0 Å². The lowest BCUT2D eigenvalue weighted by molar-refractivity contribution is -0.141. The number of hydrogen-bond donors (Lipinski definition) is 0. The molecule has 2 heteroatoms. The van der Waals surface area contributed by atoms with Crippen LogP contribution in [0.3, 0.4) is 0 Å². The van der Waals surface area contributed by atoms with Gasteiger partial charge in [-0.15, -0.1) is 0 Å². The van der Waals surface area contributed by atoms with Gasteiger partial charge in [-0.05, 0) is 27.9 Å². The van der Waals surface area contributed by atoms with Gasteiger partial charge in [-0.2, -0.15) is 0 Å². The quantitative estimate of drug-likeness (QED) is 0.454. The molecule has 1 rings (SSSR count). The fourth-order valence-electron chi connectivity index (χ4n) is 0.878. The minimum Gasteiger partial charge on any atom is -0.276 e. The normalized spacial score (nSPS) is 30.0. The predicted octanol–water partition coefficient (Wildman–Crippen LogP) is 0.557. The summed E-state index contributed by atoms with van der Waals surface area (Å²) in [4.78, 5) is 4.62. The smallest absolute Gasteiger partial charge is 0.0695 e. The first kappa shape index (κ1) is 6.05. The molecule has 1 heterocycles. The molecule has 0 bridgehead atoms. The van der Waals surface area contributed by atoms with Gasteiger partial charge in [0.15, 0.2) is 0 Å². The van der Waals surface area contributed by atoms with Crippen molar-refractivity contribution in [3.63, 3.8) is 0 Å². The van der Waals surface area contributed by atoms with Crippen LogP contribution in [0.2, 0.25) is 0 Å². The molecular formula is C6H14N2. The Balaban J connectivity index is 2.52. The zero-order valence-electron chi connectivity index (χ0n) is 6.10. The van der Waals surface area contributed by atoms with Gasteiger partial charge in [0.2, 0.25) is 0 Å². The molecule has 8 heavy (non-hydrogen) atoms. The third kappa shape index (κ3) is 0.565. The Morgan fingerprint density at radius 1 is 1.12 bits per heavy atom. The first-order valence-corrected chi connectivity index (χ1v) is 2.97. The maximum absolute atomic E-state index is 2.31. The molecule has 0 radical (unpaired) electrons. The predicted molar refractivity (Wildman–Crippen MR) is 34.5 cm³/mol. The van der Waals surface area contributed by atoms with E-state index in [-0.39, 0.29) is 0 Å². The highest BCUT2D eigenvalue weighted by atomic mass is 15.5. The first-order valence-electron chi connectivity index (χ1n) is 2.97. The number of nitrogens with zero attached hydrogens (tertiary/aromatic N) is 2. The molecule has 48 valence electrons. The van der Waals surface area contributed by atoms with Crippen molar-refractivity contribution in [2.45, 2.75) is 19.5 Å². The Hall–Kier alpha value is -0.0800. The van der Waals surface area contributed by atoms with E-state index in [0.29, 0.717) is 5.66 Å². The van der Waals surface area contributed by atoms with Crippen LogP contribution in [0.25, 0.3) is 0 Å². The highest BCUT2D eigenvalue weighted by Gasteiger charge is 2.37. The highest BCUT2D eigenvalue weighted by Crippen LogP contribution is 2.25. The Labute approximate surface area is 51.1 Å². The summed E-state index contributed by atoms with van der Waals surface area (Å²) in [7, 11) is 4.28. The van der Waals surface area contributed by atoms with Crippen LogP contribution in [-0.4, -0.2) is 36.2 Å². The van der Waals surface area contributed by atoms with Gasteiger partial charge >= 0.3 is 0 Å². The van der Waals surface area contributed by atoms with Crippen LogP contribution in [0.15, 0.2) is 0 Å². The molecular weight excluding hydrogens is 100 g/mol. The average Bonchev–Trinajstić information content (AvgIpc) is 1.68. The van der Waals surface area contributed by atoms with Gasteiger partial charge in [0.05, 0.1) is 12.3 Å². The molecule has 0 aromatic heterocycles. The van der Waals surface area contributed by atoms with E-state index in [1.54, 1.807) is 0 Å². The van der Waals surface area contributed by atoms with Crippen LogP contribution in [0, 0.1) is 0 Å². The van der Waals surface area contributed by atoms with Gasteiger partial charge in [-0.3, -0.25) is 9.80 Å². The summed E-state index contributed by atoms with van der Waals surface area (Å²) in [5.41, 5.74) is 0.306. The summed E-state index contributed by atoms with van der Waals surface area (Å²) >= 11 is 0. The summed E-state index contributed by atoms with van der Waals surface area (Å²) in [6.07, 6.45) is 0. The van der Waals surface area contributed by atoms with Gasteiger partial charge in [-0.1, -0.05) is 0 Å². The minimum absolute atomic E-state index is 0.306. The van der Waals surface area contributed by atoms with Gasteiger partial charge in [0, 0.05) is 0 Å². The van der Waals surface area contributed by atoms with Crippen LogP contribution in [-0.2, 0) is 0 Å². The molecule has 1 fully saturated rings. The first-order chi connectivity index (χ1) is 3.55. The Bertz CT molecular complexity index is 88.7. The molecule has 0 spiro atoms. The number of hydrogen-bond acceptors (Lipinski definition) is 2. The lowest BCUT2D eigenvalue weighted by atomic mass is 10.1. The lowest BCUT2D eigenvalue weighted by Gasteiger charge is -2.54. The highest BCUT2D eigenvalue weighted by molar-refractivity contribution is 4.85. The summed E-state index contributed by atoms with van der Waals surface area (Å²) in [5, 5.41) is 0. The standard InChI is InChI=1S/C6H14N2/c1-6(2)7(3)5-8(6)4/h5H2,1-4H3. The van der Waals surface area contributed by atoms with Gasteiger partial charge in [-0.25, -0.2) is 0 Å². The summed E-state index contributed by atoms with van der Waals surface area (Å²) in [6.45, 7) is 5.54. The maximum Gasteiger partial charge on any atom is 0.0695 e. The van der Waals surface area contributed by atoms with E-state index in [9.17, 15) is 0 Å². The molecule has 2 nitrogen and oxygen atoms in total. The van der Waals surface area contributed by atoms with Gasteiger partial charge in [0.1, 0.15) is 0 Å². The summed E-state index contributed by atoms with van der Waals surface area (Å²) in [5.74, 6) is 0. The third-order valence-corrected chi connectivity index (χ3v) is 2.29. The maximum atomic E-state index is 2.31. The summed E-state index contributed by atoms with van der Waals surface area (Å²) < 4.78 is 0. The second-order valence-electron chi connectivity index (χ2n) is 3.03. The van der Waals surface area contributed by atoms with Gasteiger partial charge < -0.3 is 0 Å². The van der Waals surface area contributed by atoms with Gasteiger partial charge in [0.25, 0.3) is 0 Å². The largest absolute Gasteiger partial charge is 0.276 e. The average molecular weight is 114 g/mol. The number of rotatable bonds is 0. The zero-order chi connectivity index (χ0) is 6.36. The fourth-order valence-corrected chi connectivity index (χ4v) is 0.878. The molecule has 0 amide bonds. The monoisotopic (exact) mass is 114 g/mol. The molecule has 1 saturated heterocycles. The van der Waals surface area contributed by atoms with E-state index < -0.39 is 0 Å². The second-order valence-corrected chi connectivity index (χ2v) is 3.03.